The molecule has 0 saturated carbocycles. The number of halogens is 1. The minimum absolute atomic E-state index is 0. The molecule has 54 valence electrons. The minimum atomic E-state index is -0.894. The van der Waals surface area contributed by atoms with Gasteiger partial charge in [-0.1, -0.05) is 0 Å². The maximum atomic E-state index is 10.0. The van der Waals surface area contributed by atoms with Gasteiger partial charge in [-0.25, -0.2) is 10.3 Å². The molecule has 1 heterocycles. The van der Waals surface area contributed by atoms with Crippen LogP contribution in [0.25, 0.3) is 0 Å². The highest BCUT2D eigenvalue weighted by atomic mass is 35.5. The van der Waals surface area contributed by atoms with Crippen molar-refractivity contribution in [1.82, 2.24) is 5.48 Å². The summed E-state index contributed by atoms with van der Waals surface area (Å²) >= 11 is 0. The normalized spacial score (nSPS) is 25.1. The van der Waals surface area contributed by atoms with Gasteiger partial charge in [-0.3, -0.25) is 4.84 Å². The number of nitrogens with one attached hydrogen (secondary N) is 1. The molecule has 5 heteroatoms. The van der Waals surface area contributed by atoms with Crippen LogP contribution in [0.1, 0.15) is 6.42 Å². The molecular formula is C4H8ClNO3. The highest BCUT2D eigenvalue weighted by Crippen LogP contribution is 2.01. The molecule has 9 heavy (non-hydrogen) atoms. The monoisotopic (exact) mass is 153 g/mol. The first-order chi connectivity index (χ1) is 3.80. The van der Waals surface area contributed by atoms with E-state index in [0.717, 1.165) is 0 Å². The standard InChI is InChI=1S/C4H7NO3.ClH/c6-4(7)3-1-2-5-8-3;/h3,5H,1-2H2,(H,6,7);1H. The van der Waals surface area contributed by atoms with Crippen LogP contribution in [0.5, 0.6) is 0 Å². The van der Waals surface area contributed by atoms with Gasteiger partial charge in [-0.05, 0) is 0 Å². The van der Waals surface area contributed by atoms with Crippen molar-refractivity contribution in [1.29, 1.82) is 0 Å². The van der Waals surface area contributed by atoms with Gasteiger partial charge in [-0.2, -0.15) is 0 Å². The Morgan fingerprint density at radius 1 is 1.78 bits per heavy atom. The molecule has 0 spiro atoms. The van der Waals surface area contributed by atoms with Crippen LogP contribution >= 0.6 is 12.4 Å². The molecule has 0 aromatic carbocycles. The molecule has 1 aliphatic rings. The Morgan fingerprint density at radius 3 is 2.67 bits per heavy atom. The third kappa shape index (κ3) is 2.17. The minimum Gasteiger partial charge on any atom is -0.479 e. The average Bonchev–Trinajstić information content (AvgIpc) is 2.12. The van der Waals surface area contributed by atoms with Crippen LogP contribution in [0, 0.1) is 0 Å². The van der Waals surface area contributed by atoms with Gasteiger partial charge in [-0.15, -0.1) is 12.4 Å². The zero-order valence-electron chi connectivity index (χ0n) is 4.66. The van der Waals surface area contributed by atoms with Crippen LogP contribution in [0.4, 0.5) is 0 Å². The lowest BCUT2D eigenvalue weighted by atomic mass is 10.3. The van der Waals surface area contributed by atoms with E-state index in [1.54, 1.807) is 0 Å². The van der Waals surface area contributed by atoms with Crippen LogP contribution in [-0.4, -0.2) is 23.7 Å². The number of hydrogen-bond donors (Lipinski definition) is 2. The van der Waals surface area contributed by atoms with Gasteiger partial charge < -0.3 is 5.11 Å². The van der Waals surface area contributed by atoms with Crippen LogP contribution in [0.15, 0.2) is 0 Å². The Kier molecular flexibility index (Phi) is 3.53. The van der Waals surface area contributed by atoms with E-state index < -0.39 is 12.1 Å². The van der Waals surface area contributed by atoms with Crippen molar-refractivity contribution in [2.45, 2.75) is 12.5 Å². The summed E-state index contributed by atoms with van der Waals surface area (Å²) in [6, 6.07) is 0. The number of rotatable bonds is 1. The van der Waals surface area contributed by atoms with Crippen molar-refractivity contribution < 1.29 is 14.7 Å². The van der Waals surface area contributed by atoms with Crippen LogP contribution in [0.3, 0.4) is 0 Å². The summed E-state index contributed by atoms with van der Waals surface area (Å²) < 4.78 is 0. The molecule has 1 aliphatic heterocycles. The Bertz CT molecular complexity index is 102. The van der Waals surface area contributed by atoms with Gasteiger partial charge >= 0.3 is 5.97 Å². The summed E-state index contributed by atoms with van der Waals surface area (Å²) in [5.41, 5.74) is 2.47. The zero-order chi connectivity index (χ0) is 5.98. The Hall–Kier alpha value is -0.320. The van der Waals surface area contributed by atoms with E-state index in [4.69, 9.17) is 5.11 Å². The lowest BCUT2D eigenvalue weighted by molar-refractivity contribution is -0.150. The molecule has 1 unspecified atom stereocenters. The second-order valence-corrected chi connectivity index (χ2v) is 1.63. The molecule has 4 nitrogen and oxygen atoms in total. The Balaban J connectivity index is 0.000000640. The van der Waals surface area contributed by atoms with E-state index in [0.29, 0.717) is 13.0 Å². The largest absolute Gasteiger partial charge is 0.479 e. The van der Waals surface area contributed by atoms with Gasteiger partial charge in [0.1, 0.15) is 0 Å². The molecule has 0 radical (unpaired) electrons. The maximum Gasteiger partial charge on any atom is 0.335 e. The topological polar surface area (TPSA) is 58.6 Å². The smallest absolute Gasteiger partial charge is 0.335 e. The van der Waals surface area contributed by atoms with Gasteiger partial charge in [0.15, 0.2) is 6.10 Å². The first-order valence-corrected chi connectivity index (χ1v) is 2.42. The Morgan fingerprint density at radius 2 is 2.44 bits per heavy atom. The van der Waals surface area contributed by atoms with Gasteiger partial charge in [0.25, 0.3) is 0 Å². The lowest BCUT2D eigenvalue weighted by Gasteiger charge is -1.97. The fourth-order valence-electron chi connectivity index (χ4n) is 0.582. The number of carboxylic acids is 1. The molecule has 0 amide bonds. The van der Waals surface area contributed by atoms with E-state index in [-0.39, 0.29) is 12.4 Å². The summed E-state index contributed by atoms with van der Waals surface area (Å²) in [5.74, 6) is -0.894. The second-order valence-electron chi connectivity index (χ2n) is 1.63. The third-order valence-electron chi connectivity index (χ3n) is 1.01. The molecule has 0 aliphatic carbocycles. The second kappa shape index (κ2) is 3.66. The fourth-order valence-corrected chi connectivity index (χ4v) is 0.582. The van der Waals surface area contributed by atoms with Crippen LogP contribution in [0.2, 0.25) is 0 Å². The van der Waals surface area contributed by atoms with Crippen molar-refractivity contribution >= 4 is 18.4 Å². The van der Waals surface area contributed by atoms with Crippen molar-refractivity contribution in [3.05, 3.63) is 0 Å². The molecule has 0 aromatic heterocycles. The molecular weight excluding hydrogens is 146 g/mol. The van der Waals surface area contributed by atoms with Gasteiger partial charge in [0.2, 0.25) is 0 Å². The summed E-state index contributed by atoms with van der Waals surface area (Å²) in [4.78, 5) is 14.6. The number of hydrogen-bond acceptors (Lipinski definition) is 3. The van der Waals surface area contributed by atoms with Crippen molar-refractivity contribution in [2.75, 3.05) is 6.54 Å². The van der Waals surface area contributed by atoms with E-state index in [1.807, 2.05) is 0 Å². The number of carboxylic acid groups (broad SMARTS) is 1. The first kappa shape index (κ1) is 8.68. The third-order valence-corrected chi connectivity index (χ3v) is 1.01. The lowest BCUT2D eigenvalue weighted by Crippen LogP contribution is -2.19. The summed E-state index contributed by atoms with van der Waals surface area (Å²) in [7, 11) is 0. The van der Waals surface area contributed by atoms with Crippen molar-refractivity contribution in [2.24, 2.45) is 0 Å². The molecule has 1 atom stereocenters. The van der Waals surface area contributed by atoms with Crippen molar-refractivity contribution in [3.63, 3.8) is 0 Å². The van der Waals surface area contributed by atoms with E-state index >= 15 is 0 Å². The summed E-state index contributed by atoms with van der Waals surface area (Å²) in [6.45, 7) is 0.636. The predicted octanol–water partition coefficient (Wildman–Crippen LogP) is -0.214. The fraction of sp³-hybridized carbons (Fsp3) is 0.750. The van der Waals surface area contributed by atoms with E-state index in [2.05, 4.69) is 10.3 Å². The Labute approximate surface area is 58.6 Å². The predicted molar refractivity (Wildman–Crippen MR) is 32.4 cm³/mol. The average molecular weight is 154 g/mol. The molecule has 1 saturated heterocycles. The number of carbonyl (C=O) groups is 1. The van der Waals surface area contributed by atoms with Crippen molar-refractivity contribution in [3.8, 4) is 0 Å². The number of aliphatic carboxylic acids is 1. The van der Waals surface area contributed by atoms with E-state index in [9.17, 15) is 4.79 Å². The zero-order valence-corrected chi connectivity index (χ0v) is 5.48. The maximum absolute atomic E-state index is 10.0. The first-order valence-electron chi connectivity index (χ1n) is 2.42. The highest BCUT2D eigenvalue weighted by Gasteiger charge is 2.22. The summed E-state index contributed by atoms with van der Waals surface area (Å²) in [5, 5.41) is 8.25. The highest BCUT2D eigenvalue weighted by molar-refractivity contribution is 5.85. The van der Waals surface area contributed by atoms with Crippen LogP contribution in [-0.2, 0) is 9.63 Å². The molecule has 1 rings (SSSR count). The quantitative estimate of drug-likeness (QED) is 0.547. The SMILES string of the molecule is Cl.O=C(O)C1CCNO1. The van der Waals surface area contributed by atoms with E-state index in [1.165, 1.54) is 0 Å². The van der Waals surface area contributed by atoms with Gasteiger partial charge in [0, 0.05) is 13.0 Å². The molecule has 0 aromatic rings. The summed E-state index contributed by atoms with van der Waals surface area (Å²) in [6.07, 6.45) is -0.0648. The van der Waals surface area contributed by atoms with Gasteiger partial charge in [0.05, 0.1) is 0 Å². The molecule has 1 fully saturated rings. The molecule has 0 bridgehead atoms. The van der Waals surface area contributed by atoms with Crippen LogP contribution < -0.4 is 5.48 Å². The molecule has 2 N–H and O–H groups in total. The number of hydroxylamine groups is 1.